The Morgan fingerprint density at radius 3 is 2.68 bits per heavy atom. The number of aryl methyl sites for hydroxylation is 2. The van der Waals surface area contributed by atoms with E-state index >= 15 is 0 Å². The number of carbonyl (C=O) groups excluding carboxylic acids is 1. The molecule has 1 aromatic carbocycles. The summed E-state index contributed by atoms with van der Waals surface area (Å²) in [5, 5.41) is 9.66. The highest BCUT2D eigenvalue weighted by Gasteiger charge is 2.23. The number of hydrogen-bond acceptors (Lipinski definition) is 5. The van der Waals surface area contributed by atoms with E-state index in [-0.39, 0.29) is 5.91 Å². The molecule has 0 bridgehead atoms. The Bertz CT molecular complexity index is 816. The molecular formula is C20H28N6OS. The van der Waals surface area contributed by atoms with Crippen LogP contribution in [0.25, 0.3) is 0 Å². The number of anilines is 1. The molecule has 1 atom stereocenters. The third kappa shape index (κ3) is 5.22. The van der Waals surface area contributed by atoms with Crippen molar-refractivity contribution >= 4 is 28.9 Å². The Labute approximate surface area is 170 Å². The van der Waals surface area contributed by atoms with Crippen molar-refractivity contribution in [2.24, 2.45) is 4.99 Å². The van der Waals surface area contributed by atoms with Gasteiger partial charge in [0.15, 0.2) is 5.96 Å². The second kappa shape index (κ2) is 9.54. The number of hydrogen-bond donors (Lipinski definition) is 3. The van der Waals surface area contributed by atoms with Gasteiger partial charge in [0.1, 0.15) is 4.88 Å². The van der Waals surface area contributed by atoms with Gasteiger partial charge in [-0.05, 0) is 32.4 Å². The number of benzene rings is 1. The molecule has 0 aliphatic carbocycles. The lowest BCUT2D eigenvalue weighted by atomic mass is 10.2. The minimum Gasteiger partial charge on any atom is -0.369 e. The normalized spacial score (nSPS) is 16.9. The lowest BCUT2D eigenvalue weighted by molar-refractivity contribution is 0.0957. The third-order valence-corrected chi connectivity index (χ3v) is 5.73. The van der Waals surface area contributed by atoms with E-state index in [1.54, 1.807) is 12.6 Å². The Kier molecular flexibility index (Phi) is 6.86. The molecule has 0 spiro atoms. The minimum absolute atomic E-state index is 0.0747. The summed E-state index contributed by atoms with van der Waals surface area (Å²) in [6.45, 7) is 7.06. The topological polar surface area (TPSA) is 81.6 Å². The Morgan fingerprint density at radius 2 is 2.00 bits per heavy atom. The predicted molar refractivity (Wildman–Crippen MR) is 115 cm³/mol. The summed E-state index contributed by atoms with van der Waals surface area (Å²) in [5.41, 5.74) is 5.00. The monoisotopic (exact) mass is 400 g/mol. The molecule has 1 unspecified atom stereocenters. The van der Waals surface area contributed by atoms with Crippen molar-refractivity contribution in [1.82, 2.24) is 20.9 Å². The van der Waals surface area contributed by atoms with Gasteiger partial charge in [0.05, 0.1) is 11.2 Å². The van der Waals surface area contributed by atoms with E-state index in [1.165, 1.54) is 22.6 Å². The Balaban J connectivity index is 1.39. The van der Waals surface area contributed by atoms with Crippen LogP contribution in [0.4, 0.5) is 5.69 Å². The van der Waals surface area contributed by atoms with Crippen LogP contribution < -0.4 is 20.9 Å². The number of nitrogens with zero attached hydrogens (tertiary/aromatic N) is 3. The average molecular weight is 401 g/mol. The molecule has 0 radical (unpaired) electrons. The van der Waals surface area contributed by atoms with Gasteiger partial charge in [0.2, 0.25) is 0 Å². The molecule has 1 aromatic heterocycles. The number of aromatic nitrogens is 1. The molecule has 1 amide bonds. The third-order valence-electron chi connectivity index (χ3n) is 4.81. The van der Waals surface area contributed by atoms with Gasteiger partial charge < -0.3 is 20.9 Å². The van der Waals surface area contributed by atoms with Crippen LogP contribution in [0.1, 0.15) is 27.3 Å². The van der Waals surface area contributed by atoms with E-state index < -0.39 is 0 Å². The molecule has 1 saturated heterocycles. The summed E-state index contributed by atoms with van der Waals surface area (Å²) in [4.78, 5) is 23.6. The summed E-state index contributed by atoms with van der Waals surface area (Å²) in [6, 6.07) is 9.01. The van der Waals surface area contributed by atoms with Crippen LogP contribution in [0, 0.1) is 13.8 Å². The first kappa shape index (κ1) is 20.1. The molecule has 3 rings (SSSR count). The highest BCUT2D eigenvalue weighted by molar-refractivity contribution is 7.11. The summed E-state index contributed by atoms with van der Waals surface area (Å²) >= 11 is 1.36. The van der Waals surface area contributed by atoms with Crippen LogP contribution in [-0.2, 0) is 0 Å². The van der Waals surface area contributed by atoms with E-state index in [0.717, 1.165) is 31.2 Å². The van der Waals surface area contributed by atoms with E-state index in [2.05, 4.69) is 62.0 Å². The molecule has 2 aromatic rings. The van der Waals surface area contributed by atoms with Crippen molar-refractivity contribution in [3.05, 3.63) is 45.9 Å². The molecule has 8 heteroatoms. The first-order valence-corrected chi connectivity index (χ1v) is 10.4. The number of amides is 1. The van der Waals surface area contributed by atoms with Crippen molar-refractivity contribution < 1.29 is 4.79 Å². The van der Waals surface area contributed by atoms with Crippen molar-refractivity contribution in [3.8, 4) is 0 Å². The number of nitrogens with one attached hydrogen (secondary N) is 3. The number of carbonyl (C=O) groups is 1. The fourth-order valence-electron chi connectivity index (χ4n) is 3.21. The summed E-state index contributed by atoms with van der Waals surface area (Å²) in [7, 11) is 1.77. The Hall–Kier alpha value is -2.61. The zero-order valence-corrected chi connectivity index (χ0v) is 17.5. The van der Waals surface area contributed by atoms with Crippen LogP contribution in [0.2, 0.25) is 0 Å². The number of thiazole rings is 1. The van der Waals surface area contributed by atoms with Crippen LogP contribution in [0.3, 0.4) is 0 Å². The zero-order valence-electron chi connectivity index (χ0n) is 16.7. The van der Waals surface area contributed by atoms with Gasteiger partial charge in [-0.25, -0.2) is 4.98 Å². The minimum atomic E-state index is -0.0747. The smallest absolute Gasteiger partial charge is 0.263 e. The van der Waals surface area contributed by atoms with Gasteiger partial charge in [-0.15, -0.1) is 11.3 Å². The van der Waals surface area contributed by atoms with Gasteiger partial charge in [0, 0.05) is 45.0 Å². The summed E-state index contributed by atoms with van der Waals surface area (Å²) in [5.74, 6) is 0.688. The predicted octanol–water partition coefficient (Wildman–Crippen LogP) is 1.93. The SMILES string of the molecule is CN=C(NCCNC(=O)c1scnc1C)NC1CCN(c2ccc(C)cc2)C1. The van der Waals surface area contributed by atoms with Gasteiger partial charge in [0.25, 0.3) is 5.91 Å². The van der Waals surface area contributed by atoms with Gasteiger partial charge in [-0.2, -0.15) is 0 Å². The molecule has 1 aliphatic rings. The van der Waals surface area contributed by atoms with Gasteiger partial charge in [-0.3, -0.25) is 9.79 Å². The molecule has 0 saturated carbocycles. The van der Waals surface area contributed by atoms with Crippen LogP contribution in [0.5, 0.6) is 0 Å². The van der Waals surface area contributed by atoms with E-state index in [4.69, 9.17) is 0 Å². The number of aliphatic imine (C=N–C) groups is 1. The standard InChI is InChI=1S/C20H28N6OS/c1-14-4-6-17(7-5-14)26-11-8-16(12-26)25-20(21-3)23-10-9-22-19(27)18-15(2)24-13-28-18/h4-7,13,16H,8-12H2,1-3H3,(H,22,27)(H2,21,23,25). The van der Waals surface area contributed by atoms with Crippen LogP contribution in [0.15, 0.2) is 34.8 Å². The zero-order chi connectivity index (χ0) is 19.9. The molecular weight excluding hydrogens is 372 g/mol. The lowest BCUT2D eigenvalue weighted by Gasteiger charge is -2.20. The molecule has 2 heterocycles. The van der Waals surface area contributed by atoms with Crippen molar-refractivity contribution in [2.75, 3.05) is 38.1 Å². The molecule has 150 valence electrons. The van der Waals surface area contributed by atoms with Crippen molar-refractivity contribution in [1.29, 1.82) is 0 Å². The molecule has 28 heavy (non-hydrogen) atoms. The first-order valence-electron chi connectivity index (χ1n) is 9.54. The Morgan fingerprint density at radius 1 is 1.25 bits per heavy atom. The van der Waals surface area contributed by atoms with Crippen molar-refractivity contribution in [2.45, 2.75) is 26.3 Å². The quantitative estimate of drug-likeness (QED) is 0.392. The summed E-state index contributed by atoms with van der Waals surface area (Å²) in [6.07, 6.45) is 1.07. The molecule has 1 aliphatic heterocycles. The summed E-state index contributed by atoms with van der Waals surface area (Å²) < 4.78 is 0. The maximum absolute atomic E-state index is 12.1. The molecule has 7 nitrogen and oxygen atoms in total. The number of rotatable bonds is 6. The fourth-order valence-corrected chi connectivity index (χ4v) is 3.93. The molecule has 1 fully saturated rings. The van der Waals surface area contributed by atoms with Crippen LogP contribution in [-0.4, -0.2) is 56.1 Å². The van der Waals surface area contributed by atoms with E-state index in [9.17, 15) is 4.79 Å². The highest BCUT2D eigenvalue weighted by atomic mass is 32.1. The maximum atomic E-state index is 12.1. The second-order valence-corrected chi connectivity index (χ2v) is 7.79. The average Bonchev–Trinajstić information content (AvgIpc) is 3.33. The van der Waals surface area contributed by atoms with Gasteiger partial charge in [-0.1, -0.05) is 17.7 Å². The van der Waals surface area contributed by atoms with E-state index in [1.807, 2.05) is 6.92 Å². The lowest BCUT2D eigenvalue weighted by Crippen LogP contribution is -2.46. The highest BCUT2D eigenvalue weighted by Crippen LogP contribution is 2.20. The van der Waals surface area contributed by atoms with Crippen LogP contribution >= 0.6 is 11.3 Å². The largest absolute Gasteiger partial charge is 0.369 e. The maximum Gasteiger partial charge on any atom is 0.263 e. The van der Waals surface area contributed by atoms with E-state index in [0.29, 0.717) is 24.0 Å². The second-order valence-electron chi connectivity index (χ2n) is 6.93. The molecule has 3 N–H and O–H groups in total. The van der Waals surface area contributed by atoms with Crippen molar-refractivity contribution in [3.63, 3.8) is 0 Å². The van der Waals surface area contributed by atoms with Gasteiger partial charge >= 0.3 is 0 Å². The fraction of sp³-hybridized carbons (Fsp3) is 0.450. The first-order chi connectivity index (χ1) is 13.6. The number of guanidine groups is 1.